The molecule has 0 atom stereocenters. The maximum absolute atomic E-state index is 4.17. The molecule has 0 aliphatic rings. The van der Waals surface area contributed by atoms with Crippen LogP contribution in [0.15, 0.2) is 45.6 Å². The van der Waals surface area contributed by atoms with Gasteiger partial charge in [-0.15, -0.1) is 0 Å². The molecule has 1 aromatic carbocycles. The van der Waals surface area contributed by atoms with Crippen LogP contribution in [0.1, 0.15) is 11.1 Å². The van der Waals surface area contributed by atoms with Crippen molar-refractivity contribution in [3.05, 3.63) is 56.7 Å². The Labute approximate surface area is 118 Å². The van der Waals surface area contributed by atoms with Gasteiger partial charge in [-0.3, -0.25) is 0 Å². The largest absolute Gasteiger partial charge is 0.380 e. The monoisotopic (exact) mass is 354 g/mol. The molecule has 17 heavy (non-hydrogen) atoms. The van der Waals surface area contributed by atoms with Crippen LogP contribution in [-0.2, 0) is 6.54 Å². The molecular formula is C13H12Br2N2. The lowest BCUT2D eigenvalue weighted by Crippen LogP contribution is -2.00. The van der Waals surface area contributed by atoms with Gasteiger partial charge in [0.1, 0.15) is 4.60 Å². The SMILES string of the molecule is Cc1ccc(CNc2ccc(Br)nc2)c(Br)c1. The minimum absolute atomic E-state index is 0.782. The van der Waals surface area contributed by atoms with Crippen molar-refractivity contribution < 1.29 is 0 Å². The lowest BCUT2D eigenvalue weighted by atomic mass is 10.1. The third-order valence-electron chi connectivity index (χ3n) is 2.42. The zero-order valence-electron chi connectivity index (χ0n) is 9.37. The summed E-state index contributed by atoms with van der Waals surface area (Å²) in [5.74, 6) is 0. The predicted molar refractivity (Wildman–Crippen MR) is 78.1 cm³/mol. The highest BCUT2D eigenvalue weighted by molar-refractivity contribution is 9.10. The molecule has 88 valence electrons. The quantitative estimate of drug-likeness (QED) is 0.818. The number of aromatic nitrogens is 1. The lowest BCUT2D eigenvalue weighted by molar-refractivity contribution is 1.12. The van der Waals surface area contributed by atoms with E-state index in [0.717, 1.165) is 21.3 Å². The van der Waals surface area contributed by atoms with Crippen molar-refractivity contribution in [3.8, 4) is 0 Å². The number of benzene rings is 1. The van der Waals surface area contributed by atoms with E-state index in [4.69, 9.17) is 0 Å². The summed E-state index contributed by atoms with van der Waals surface area (Å²) in [6.45, 7) is 2.87. The van der Waals surface area contributed by atoms with Crippen molar-refractivity contribution in [2.24, 2.45) is 0 Å². The number of nitrogens with one attached hydrogen (secondary N) is 1. The van der Waals surface area contributed by atoms with E-state index in [9.17, 15) is 0 Å². The number of hydrogen-bond donors (Lipinski definition) is 1. The van der Waals surface area contributed by atoms with Crippen LogP contribution in [0.5, 0.6) is 0 Å². The molecular weight excluding hydrogens is 344 g/mol. The standard InChI is InChI=1S/C13H12Br2N2/c1-9-2-3-10(12(14)6-9)7-16-11-4-5-13(15)17-8-11/h2-6,8,16H,7H2,1H3. The molecule has 0 spiro atoms. The van der Waals surface area contributed by atoms with Gasteiger partial charge in [0.2, 0.25) is 0 Å². The van der Waals surface area contributed by atoms with E-state index >= 15 is 0 Å². The number of nitrogens with zero attached hydrogens (tertiary/aromatic N) is 1. The molecule has 2 aromatic rings. The fourth-order valence-corrected chi connectivity index (χ4v) is 2.34. The highest BCUT2D eigenvalue weighted by atomic mass is 79.9. The van der Waals surface area contributed by atoms with Crippen molar-refractivity contribution in [1.29, 1.82) is 0 Å². The molecule has 2 rings (SSSR count). The van der Waals surface area contributed by atoms with Gasteiger partial charge in [0.25, 0.3) is 0 Å². The molecule has 0 saturated heterocycles. The second kappa shape index (κ2) is 5.65. The number of hydrogen-bond acceptors (Lipinski definition) is 2. The Morgan fingerprint density at radius 3 is 2.65 bits per heavy atom. The summed E-state index contributed by atoms with van der Waals surface area (Å²) in [4.78, 5) is 4.17. The van der Waals surface area contributed by atoms with Crippen molar-refractivity contribution in [2.45, 2.75) is 13.5 Å². The Morgan fingerprint density at radius 2 is 2.00 bits per heavy atom. The molecule has 2 nitrogen and oxygen atoms in total. The van der Waals surface area contributed by atoms with Gasteiger partial charge in [0.05, 0.1) is 11.9 Å². The van der Waals surface area contributed by atoms with Crippen molar-refractivity contribution in [2.75, 3.05) is 5.32 Å². The molecule has 1 heterocycles. The van der Waals surface area contributed by atoms with Crippen LogP contribution in [0, 0.1) is 6.92 Å². The molecule has 0 aliphatic heterocycles. The topological polar surface area (TPSA) is 24.9 Å². The third-order valence-corrected chi connectivity index (χ3v) is 3.63. The summed E-state index contributed by atoms with van der Waals surface area (Å²) in [7, 11) is 0. The average Bonchev–Trinajstić information content (AvgIpc) is 2.30. The molecule has 0 aliphatic carbocycles. The van der Waals surface area contributed by atoms with Gasteiger partial charge in [0, 0.05) is 11.0 Å². The zero-order chi connectivity index (χ0) is 12.3. The van der Waals surface area contributed by atoms with Crippen LogP contribution in [0.4, 0.5) is 5.69 Å². The van der Waals surface area contributed by atoms with Gasteiger partial charge in [-0.25, -0.2) is 4.98 Å². The molecule has 4 heteroatoms. The Bertz CT molecular complexity index is 509. The van der Waals surface area contributed by atoms with Gasteiger partial charge in [-0.1, -0.05) is 28.1 Å². The van der Waals surface area contributed by atoms with E-state index in [1.54, 1.807) is 0 Å². The van der Waals surface area contributed by atoms with E-state index in [-0.39, 0.29) is 0 Å². The molecule has 1 N–H and O–H groups in total. The third kappa shape index (κ3) is 3.54. The fourth-order valence-electron chi connectivity index (χ4n) is 1.47. The van der Waals surface area contributed by atoms with Gasteiger partial charge in [-0.05, 0) is 52.2 Å². The molecule has 1 aromatic heterocycles. The van der Waals surface area contributed by atoms with Crippen molar-refractivity contribution in [3.63, 3.8) is 0 Å². The van der Waals surface area contributed by atoms with Gasteiger partial charge < -0.3 is 5.32 Å². The first-order valence-corrected chi connectivity index (χ1v) is 6.84. The highest BCUT2D eigenvalue weighted by Gasteiger charge is 2.00. The summed E-state index contributed by atoms with van der Waals surface area (Å²) in [6, 6.07) is 10.3. The average molecular weight is 356 g/mol. The second-order valence-corrected chi connectivity index (χ2v) is 5.48. The first-order chi connectivity index (χ1) is 8.15. The Hall–Kier alpha value is -0.870. The van der Waals surface area contributed by atoms with E-state index in [1.807, 2.05) is 18.3 Å². The Morgan fingerprint density at radius 1 is 1.18 bits per heavy atom. The maximum atomic E-state index is 4.17. The first kappa shape index (κ1) is 12.6. The number of rotatable bonds is 3. The Balaban J connectivity index is 2.04. The van der Waals surface area contributed by atoms with Crippen molar-refractivity contribution in [1.82, 2.24) is 4.98 Å². The number of anilines is 1. The van der Waals surface area contributed by atoms with E-state index in [1.165, 1.54) is 11.1 Å². The molecule has 0 bridgehead atoms. The fraction of sp³-hybridized carbons (Fsp3) is 0.154. The minimum Gasteiger partial charge on any atom is -0.380 e. The highest BCUT2D eigenvalue weighted by Crippen LogP contribution is 2.20. The summed E-state index contributed by atoms with van der Waals surface area (Å²) in [5.41, 5.74) is 3.50. The van der Waals surface area contributed by atoms with Crippen LogP contribution in [0.2, 0.25) is 0 Å². The van der Waals surface area contributed by atoms with Crippen LogP contribution >= 0.6 is 31.9 Å². The molecule has 0 amide bonds. The van der Waals surface area contributed by atoms with E-state index in [0.29, 0.717) is 0 Å². The predicted octanol–water partition coefficient (Wildman–Crippen LogP) is 4.53. The summed E-state index contributed by atoms with van der Waals surface area (Å²) >= 11 is 6.88. The normalized spacial score (nSPS) is 10.3. The van der Waals surface area contributed by atoms with Gasteiger partial charge >= 0.3 is 0 Å². The van der Waals surface area contributed by atoms with Crippen LogP contribution in [0.25, 0.3) is 0 Å². The molecule has 0 radical (unpaired) electrons. The number of aryl methyl sites for hydroxylation is 1. The first-order valence-electron chi connectivity index (χ1n) is 5.25. The second-order valence-electron chi connectivity index (χ2n) is 3.82. The van der Waals surface area contributed by atoms with Crippen LogP contribution < -0.4 is 5.32 Å². The molecule has 0 saturated carbocycles. The zero-order valence-corrected chi connectivity index (χ0v) is 12.5. The van der Waals surface area contributed by atoms with Crippen LogP contribution in [0.3, 0.4) is 0 Å². The van der Waals surface area contributed by atoms with E-state index in [2.05, 4.69) is 67.3 Å². The van der Waals surface area contributed by atoms with Gasteiger partial charge in [0.15, 0.2) is 0 Å². The number of halogens is 2. The molecule has 0 unspecified atom stereocenters. The van der Waals surface area contributed by atoms with Crippen LogP contribution in [-0.4, -0.2) is 4.98 Å². The molecule has 0 fully saturated rings. The summed E-state index contributed by atoms with van der Waals surface area (Å²) in [5, 5.41) is 3.34. The number of pyridine rings is 1. The van der Waals surface area contributed by atoms with E-state index < -0.39 is 0 Å². The smallest absolute Gasteiger partial charge is 0.106 e. The minimum atomic E-state index is 0.782. The Kier molecular flexibility index (Phi) is 4.18. The lowest BCUT2D eigenvalue weighted by Gasteiger charge is -2.08. The summed E-state index contributed by atoms with van der Waals surface area (Å²) in [6.07, 6.45) is 1.81. The van der Waals surface area contributed by atoms with Crippen molar-refractivity contribution >= 4 is 37.5 Å². The summed E-state index contributed by atoms with van der Waals surface area (Å²) < 4.78 is 1.98. The maximum Gasteiger partial charge on any atom is 0.106 e. The van der Waals surface area contributed by atoms with Gasteiger partial charge in [-0.2, -0.15) is 0 Å².